The molecule has 3 aliphatic rings. The molecule has 4 nitrogen and oxygen atoms in total. The maximum Gasteiger partial charge on any atom is 0.270 e. The molecule has 0 aliphatic carbocycles. The number of piperidine rings is 3. The number of nitrogens with zero attached hydrogens (tertiary/aromatic N) is 2. The fourth-order valence-electron chi connectivity index (χ4n) is 3.63. The smallest absolute Gasteiger partial charge is 0.270 e. The lowest BCUT2D eigenvalue weighted by Gasteiger charge is -2.44. The number of thiophene rings is 1. The highest BCUT2D eigenvalue weighted by Gasteiger charge is 2.35. The number of aromatic nitrogens is 1. The number of carbonyl (C=O) groups excluding carboxylic acids is 1. The van der Waals surface area contributed by atoms with Gasteiger partial charge in [0.2, 0.25) is 0 Å². The van der Waals surface area contributed by atoms with Crippen LogP contribution >= 0.6 is 11.3 Å². The van der Waals surface area contributed by atoms with Gasteiger partial charge in [-0.15, -0.1) is 11.3 Å². The second-order valence-corrected chi connectivity index (χ2v) is 7.07. The van der Waals surface area contributed by atoms with Gasteiger partial charge in [0, 0.05) is 12.6 Å². The quantitative estimate of drug-likeness (QED) is 0.926. The normalized spacial score (nSPS) is 28.0. The molecule has 5 heterocycles. The molecule has 5 rings (SSSR count). The molecule has 1 atom stereocenters. The first-order valence-electron chi connectivity index (χ1n) is 7.59. The number of hydrogen-bond donors (Lipinski definition) is 1. The Labute approximate surface area is 128 Å². The van der Waals surface area contributed by atoms with Crippen molar-refractivity contribution in [3.8, 4) is 0 Å². The second kappa shape index (κ2) is 5.07. The average Bonchev–Trinajstić information content (AvgIpc) is 2.97. The van der Waals surface area contributed by atoms with Crippen molar-refractivity contribution in [1.82, 2.24) is 15.2 Å². The zero-order valence-electron chi connectivity index (χ0n) is 12.1. The van der Waals surface area contributed by atoms with Crippen LogP contribution in [0, 0.1) is 12.8 Å². The highest BCUT2D eigenvalue weighted by molar-refractivity contribution is 7.17. The van der Waals surface area contributed by atoms with Gasteiger partial charge in [0.05, 0.1) is 10.4 Å². The van der Waals surface area contributed by atoms with Gasteiger partial charge in [0.1, 0.15) is 5.69 Å². The summed E-state index contributed by atoms with van der Waals surface area (Å²) in [6, 6.07) is 4.26. The van der Waals surface area contributed by atoms with E-state index >= 15 is 0 Å². The van der Waals surface area contributed by atoms with Crippen molar-refractivity contribution < 1.29 is 4.79 Å². The van der Waals surface area contributed by atoms with E-state index in [1.807, 2.05) is 13.0 Å². The van der Waals surface area contributed by atoms with Crippen LogP contribution in [0.4, 0.5) is 0 Å². The molecule has 0 radical (unpaired) electrons. The molecule has 0 unspecified atom stereocenters. The molecule has 0 spiro atoms. The maximum absolute atomic E-state index is 12.5. The first-order valence-corrected chi connectivity index (χ1v) is 8.47. The monoisotopic (exact) mass is 301 g/mol. The minimum absolute atomic E-state index is 0.0232. The Morgan fingerprint density at radius 2 is 2.24 bits per heavy atom. The molecule has 1 amide bonds. The van der Waals surface area contributed by atoms with Crippen molar-refractivity contribution in [2.45, 2.75) is 25.8 Å². The number of amides is 1. The van der Waals surface area contributed by atoms with E-state index in [0.717, 1.165) is 17.6 Å². The molecule has 3 fully saturated rings. The van der Waals surface area contributed by atoms with Crippen molar-refractivity contribution in [2.24, 2.45) is 5.92 Å². The van der Waals surface area contributed by atoms with Crippen LogP contribution in [-0.2, 0) is 0 Å². The van der Waals surface area contributed by atoms with E-state index in [9.17, 15) is 4.79 Å². The molecular formula is C16H19N3OS. The number of nitrogens with one attached hydrogen (secondary N) is 1. The standard InChI is InChI=1S/C16H19N3OS/c1-10-15-12(4-7-21-15)8-13(17-10)16(20)18-14-9-19-5-2-11(14)3-6-19/h4,7-8,11,14H,2-3,5-6,9H2,1H3,(H,18,20)/t14-/m0/s1. The number of hydrogen-bond acceptors (Lipinski definition) is 4. The fraction of sp³-hybridized carbons (Fsp3) is 0.500. The minimum Gasteiger partial charge on any atom is -0.346 e. The molecule has 110 valence electrons. The zero-order chi connectivity index (χ0) is 14.4. The topological polar surface area (TPSA) is 45.2 Å². The van der Waals surface area contributed by atoms with E-state index in [4.69, 9.17) is 0 Å². The Morgan fingerprint density at radius 1 is 1.43 bits per heavy atom. The van der Waals surface area contributed by atoms with Crippen LogP contribution in [0.5, 0.6) is 0 Å². The third kappa shape index (κ3) is 2.34. The van der Waals surface area contributed by atoms with Crippen molar-refractivity contribution in [3.05, 3.63) is 28.9 Å². The molecule has 1 N–H and O–H groups in total. The summed E-state index contributed by atoms with van der Waals surface area (Å²) in [6.07, 6.45) is 2.42. The van der Waals surface area contributed by atoms with Gasteiger partial charge in [0.15, 0.2) is 0 Å². The third-order valence-electron chi connectivity index (χ3n) is 4.81. The van der Waals surface area contributed by atoms with Crippen LogP contribution in [0.1, 0.15) is 29.0 Å². The fourth-order valence-corrected chi connectivity index (χ4v) is 4.46. The SMILES string of the molecule is Cc1nc(C(=O)N[C@H]2CN3CCC2CC3)cc2ccsc12. The first-order chi connectivity index (χ1) is 10.2. The van der Waals surface area contributed by atoms with Crippen molar-refractivity contribution in [1.29, 1.82) is 0 Å². The summed E-state index contributed by atoms with van der Waals surface area (Å²) in [6.45, 7) is 5.35. The number of pyridine rings is 1. The van der Waals surface area contributed by atoms with Crippen LogP contribution in [0.2, 0.25) is 0 Å². The Morgan fingerprint density at radius 3 is 2.95 bits per heavy atom. The third-order valence-corrected chi connectivity index (χ3v) is 5.85. The maximum atomic E-state index is 12.5. The molecule has 0 aromatic carbocycles. The van der Waals surface area contributed by atoms with Crippen LogP contribution in [0.15, 0.2) is 17.5 Å². The Balaban J connectivity index is 1.56. The lowest BCUT2D eigenvalue weighted by molar-refractivity contribution is 0.0618. The summed E-state index contributed by atoms with van der Waals surface area (Å²) in [4.78, 5) is 19.5. The van der Waals surface area contributed by atoms with E-state index in [1.54, 1.807) is 11.3 Å². The van der Waals surface area contributed by atoms with Crippen molar-refractivity contribution in [2.75, 3.05) is 19.6 Å². The van der Waals surface area contributed by atoms with Crippen LogP contribution in [-0.4, -0.2) is 41.5 Å². The number of rotatable bonds is 2. The Kier molecular flexibility index (Phi) is 3.19. The molecule has 2 aromatic rings. The van der Waals surface area contributed by atoms with Crippen molar-refractivity contribution >= 4 is 27.3 Å². The average molecular weight is 301 g/mol. The summed E-state index contributed by atoms with van der Waals surface area (Å²) < 4.78 is 1.18. The van der Waals surface area contributed by atoms with E-state index in [0.29, 0.717) is 17.7 Å². The van der Waals surface area contributed by atoms with Crippen LogP contribution in [0.25, 0.3) is 10.1 Å². The molecular weight excluding hydrogens is 282 g/mol. The lowest BCUT2D eigenvalue weighted by Crippen LogP contribution is -2.57. The first kappa shape index (κ1) is 13.2. The molecule has 21 heavy (non-hydrogen) atoms. The Hall–Kier alpha value is -1.46. The summed E-state index contributed by atoms with van der Waals surface area (Å²) in [5.74, 6) is 0.620. The molecule has 0 saturated carbocycles. The largest absolute Gasteiger partial charge is 0.346 e. The highest BCUT2D eigenvalue weighted by atomic mass is 32.1. The van der Waals surface area contributed by atoms with Crippen LogP contribution in [0.3, 0.4) is 0 Å². The summed E-state index contributed by atoms with van der Waals surface area (Å²) in [5.41, 5.74) is 1.50. The molecule has 3 saturated heterocycles. The number of aryl methyl sites for hydroxylation is 1. The van der Waals surface area contributed by atoms with Crippen LogP contribution < -0.4 is 5.32 Å². The van der Waals surface area contributed by atoms with Gasteiger partial charge < -0.3 is 10.2 Å². The number of carbonyl (C=O) groups is 1. The second-order valence-electron chi connectivity index (χ2n) is 6.15. The van der Waals surface area contributed by atoms with Gasteiger partial charge in [0.25, 0.3) is 5.91 Å². The van der Waals surface area contributed by atoms with E-state index < -0.39 is 0 Å². The van der Waals surface area contributed by atoms with E-state index in [1.165, 1.54) is 30.6 Å². The van der Waals surface area contributed by atoms with Gasteiger partial charge in [-0.3, -0.25) is 4.79 Å². The van der Waals surface area contributed by atoms with Gasteiger partial charge in [-0.05, 0) is 61.7 Å². The summed E-state index contributed by atoms with van der Waals surface area (Å²) in [5, 5.41) is 6.38. The zero-order valence-corrected chi connectivity index (χ0v) is 12.9. The van der Waals surface area contributed by atoms with Gasteiger partial charge in [-0.25, -0.2) is 4.98 Å². The van der Waals surface area contributed by atoms with Gasteiger partial charge in [-0.2, -0.15) is 0 Å². The van der Waals surface area contributed by atoms with E-state index in [-0.39, 0.29) is 5.91 Å². The van der Waals surface area contributed by atoms with Gasteiger partial charge in [-0.1, -0.05) is 0 Å². The Bertz CT molecular complexity index is 688. The summed E-state index contributed by atoms with van der Waals surface area (Å²) in [7, 11) is 0. The van der Waals surface area contributed by atoms with E-state index in [2.05, 4.69) is 26.6 Å². The minimum atomic E-state index is -0.0232. The predicted octanol–water partition coefficient (Wildman–Crippen LogP) is 2.43. The molecule has 5 heteroatoms. The molecule has 2 aromatic heterocycles. The van der Waals surface area contributed by atoms with Gasteiger partial charge >= 0.3 is 0 Å². The summed E-state index contributed by atoms with van der Waals surface area (Å²) >= 11 is 1.68. The number of fused-ring (bicyclic) bond motifs is 4. The highest BCUT2D eigenvalue weighted by Crippen LogP contribution is 2.28. The molecule has 2 bridgehead atoms. The molecule has 3 aliphatic heterocycles. The predicted molar refractivity (Wildman–Crippen MR) is 84.8 cm³/mol. The lowest BCUT2D eigenvalue weighted by atomic mass is 9.84. The van der Waals surface area contributed by atoms with Crippen molar-refractivity contribution in [3.63, 3.8) is 0 Å².